The van der Waals surface area contributed by atoms with Crippen molar-refractivity contribution >= 4 is 31.2 Å². The molecule has 8 N–H and O–H groups in total. The molecular formula is H8Ce2O13S3. The summed E-state index contributed by atoms with van der Waals surface area (Å²) in [4.78, 5) is 0. The van der Waals surface area contributed by atoms with E-state index in [0.717, 1.165) is 0 Å². The van der Waals surface area contributed by atoms with Crippen LogP contribution in [0.2, 0.25) is 0 Å². The minimum atomic E-state index is -4.67. The fourth-order valence-corrected chi connectivity index (χ4v) is 0. The fourth-order valence-electron chi connectivity index (χ4n) is 0. The minimum absolute atomic E-state index is 0. The molecule has 0 unspecified atom stereocenters. The van der Waals surface area contributed by atoms with Crippen LogP contribution < -0.4 is 0 Å². The van der Waals surface area contributed by atoms with Gasteiger partial charge in [-0.25, -0.2) is 0 Å². The van der Waals surface area contributed by atoms with Crippen molar-refractivity contribution in [3.8, 4) is 0 Å². The maximum atomic E-state index is 8.74. The van der Waals surface area contributed by atoms with Crippen LogP contribution in [0.3, 0.4) is 0 Å². The van der Waals surface area contributed by atoms with Crippen LogP contribution in [0.25, 0.3) is 0 Å². The summed E-state index contributed by atoms with van der Waals surface area (Å²) < 4.78 is 94.8. The predicted molar refractivity (Wildman–Crippen MR) is 46.1 cm³/mol. The molecule has 0 heterocycles. The molecule has 0 amide bonds. The molecule has 0 saturated heterocycles. The molecule has 0 spiro atoms. The summed E-state index contributed by atoms with van der Waals surface area (Å²) >= 11 is 0. The maximum Gasteiger partial charge on any atom is 0.394 e. The van der Waals surface area contributed by atoms with Gasteiger partial charge in [0, 0.05) is 83.5 Å². The van der Waals surface area contributed by atoms with Crippen molar-refractivity contribution in [1.82, 2.24) is 0 Å². The summed E-state index contributed by atoms with van der Waals surface area (Å²) in [5.41, 5.74) is 0. The van der Waals surface area contributed by atoms with Gasteiger partial charge in [0.25, 0.3) is 0 Å². The largest absolute Gasteiger partial charge is 0.412 e. The molecule has 0 rings (SSSR count). The minimum Gasteiger partial charge on any atom is -0.412 e. The molecule has 0 atom stereocenters. The molecule has 0 aliphatic heterocycles. The fraction of sp³-hybridized carbons (Fsp3) is 0. The summed E-state index contributed by atoms with van der Waals surface area (Å²) in [6.07, 6.45) is 0. The van der Waals surface area contributed by atoms with E-state index in [2.05, 4.69) is 0 Å². The molecule has 0 fully saturated rings. The van der Waals surface area contributed by atoms with E-state index in [1.54, 1.807) is 0 Å². The van der Waals surface area contributed by atoms with E-state index in [0.29, 0.717) is 0 Å². The van der Waals surface area contributed by atoms with E-state index in [4.69, 9.17) is 52.6 Å². The second-order valence-electron chi connectivity index (χ2n) is 1.34. The van der Waals surface area contributed by atoms with Gasteiger partial charge < -0.3 is 5.48 Å². The molecule has 0 aliphatic rings. The van der Waals surface area contributed by atoms with Gasteiger partial charge in [-0.05, 0) is 0 Å². The van der Waals surface area contributed by atoms with Crippen LogP contribution in [0.1, 0.15) is 0 Å². The Morgan fingerprint density at radius 3 is 0.444 bits per heavy atom. The Kier molecular flexibility index (Phi) is 32.3. The van der Waals surface area contributed by atoms with Crippen molar-refractivity contribution < 1.29 is 142 Å². The Labute approximate surface area is 170 Å². The zero-order chi connectivity index (χ0) is 13.5. The zero-order valence-electron chi connectivity index (χ0n) is 7.86. The molecule has 0 bridgehead atoms. The summed E-state index contributed by atoms with van der Waals surface area (Å²) in [5.74, 6) is 0. The van der Waals surface area contributed by atoms with Crippen molar-refractivity contribution in [2.45, 2.75) is 0 Å². The topological polar surface area (TPSA) is 255 Å². The number of rotatable bonds is 0. The van der Waals surface area contributed by atoms with E-state index < -0.39 is 31.2 Å². The SMILES string of the molecule is O.O=S(=O)(O)O.O=S(=O)(O)O.O=S(=O)(O)O.[Ce].[Ce]. The van der Waals surface area contributed by atoms with Crippen LogP contribution in [0.4, 0.5) is 0 Å². The molecule has 112 valence electrons. The third-order valence-corrected chi connectivity index (χ3v) is 0. The summed E-state index contributed by atoms with van der Waals surface area (Å²) in [6.45, 7) is 0. The van der Waals surface area contributed by atoms with Crippen molar-refractivity contribution in [1.29, 1.82) is 0 Å². The zero-order valence-corrected chi connectivity index (χ0v) is 16.6. The Bertz CT molecular complexity index is 341. The third kappa shape index (κ3) is 1020. The smallest absolute Gasteiger partial charge is 0.394 e. The maximum absolute atomic E-state index is 8.74. The van der Waals surface area contributed by atoms with E-state index in [1.807, 2.05) is 0 Å². The molecule has 0 saturated carbocycles. The van der Waals surface area contributed by atoms with Gasteiger partial charge in [-0.1, -0.05) is 0 Å². The van der Waals surface area contributed by atoms with Crippen LogP contribution in [0.5, 0.6) is 0 Å². The van der Waals surface area contributed by atoms with E-state index in [-0.39, 0.29) is 89.0 Å². The molecule has 0 aromatic carbocycles. The van der Waals surface area contributed by atoms with Gasteiger partial charge in [0.15, 0.2) is 0 Å². The Balaban J connectivity index is -0.0000000277. The molecule has 0 radical (unpaired) electrons. The van der Waals surface area contributed by atoms with Gasteiger partial charge in [0.1, 0.15) is 0 Å². The first-order chi connectivity index (χ1) is 6.00. The Morgan fingerprint density at radius 1 is 0.444 bits per heavy atom. The Hall–Kier alpha value is 2.32. The van der Waals surface area contributed by atoms with Crippen molar-refractivity contribution in [3.05, 3.63) is 0 Å². The van der Waals surface area contributed by atoms with Crippen molar-refractivity contribution in [2.24, 2.45) is 0 Å². The summed E-state index contributed by atoms with van der Waals surface area (Å²) in [7, 11) is -14.0. The molecule has 0 aromatic heterocycles. The Morgan fingerprint density at radius 2 is 0.444 bits per heavy atom. The van der Waals surface area contributed by atoms with Crippen molar-refractivity contribution in [3.63, 3.8) is 0 Å². The second-order valence-corrected chi connectivity index (χ2v) is 4.03. The van der Waals surface area contributed by atoms with Gasteiger partial charge >= 0.3 is 31.2 Å². The third-order valence-electron chi connectivity index (χ3n) is 0. The van der Waals surface area contributed by atoms with Crippen LogP contribution in [-0.4, -0.2) is 58.0 Å². The number of hydrogen-bond donors (Lipinski definition) is 6. The summed E-state index contributed by atoms with van der Waals surface area (Å²) in [6, 6.07) is 0. The molecular weight excluding hydrogens is 584 g/mol. The first kappa shape index (κ1) is 37.0. The van der Waals surface area contributed by atoms with Gasteiger partial charge in [0.2, 0.25) is 0 Å². The average molecular weight is 592 g/mol. The van der Waals surface area contributed by atoms with Crippen LogP contribution in [-0.2, 0) is 31.2 Å². The standard InChI is InChI=1S/2Ce.3H2O4S.H2O/c;;3*1-5(2,3)4;/h;;3*(H2,1,2,3,4);1H2. The molecule has 0 aliphatic carbocycles. The van der Waals surface area contributed by atoms with Gasteiger partial charge in [-0.15, -0.1) is 0 Å². The van der Waals surface area contributed by atoms with E-state index >= 15 is 0 Å². The monoisotopic (exact) mass is 592 g/mol. The quantitative estimate of drug-likeness (QED) is 0.156. The molecule has 18 heavy (non-hydrogen) atoms. The molecule has 0 aromatic rings. The molecule has 13 nitrogen and oxygen atoms in total. The van der Waals surface area contributed by atoms with E-state index in [1.165, 1.54) is 0 Å². The molecule has 18 heteroatoms. The van der Waals surface area contributed by atoms with Crippen molar-refractivity contribution in [2.75, 3.05) is 0 Å². The second kappa shape index (κ2) is 15.7. The van der Waals surface area contributed by atoms with Crippen LogP contribution in [0.15, 0.2) is 0 Å². The number of hydrogen-bond acceptors (Lipinski definition) is 6. The van der Waals surface area contributed by atoms with E-state index in [9.17, 15) is 0 Å². The van der Waals surface area contributed by atoms with Gasteiger partial charge in [-0.3, -0.25) is 27.3 Å². The predicted octanol–water partition coefficient (Wildman–Crippen LogP) is -2.78. The average Bonchev–Trinajstić information content (AvgIpc) is 1.41. The first-order valence-corrected chi connectivity index (χ1v) is 6.29. The first-order valence-electron chi connectivity index (χ1n) is 2.10. The van der Waals surface area contributed by atoms with Gasteiger partial charge in [0.05, 0.1) is 0 Å². The summed E-state index contributed by atoms with van der Waals surface area (Å²) in [5, 5.41) is 0. The normalized spacial score (nSPS) is 9.67. The van der Waals surface area contributed by atoms with Crippen LogP contribution >= 0.6 is 0 Å². The van der Waals surface area contributed by atoms with Crippen LogP contribution in [0, 0.1) is 83.5 Å². The van der Waals surface area contributed by atoms with Gasteiger partial charge in [-0.2, -0.15) is 25.3 Å².